The highest BCUT2D eigenvalue weighted by Crippen LogP contribution is 2.23. The lowest BCUT2D eigenvalue weighted by molar-refractivity contribution is 0.207. The van der Waals surface area contributed by atoms with Crippen molar-refractivity contribution in [2.45, 2.75) is 19.4 Å². The van der Waals surface area contributed by atoms with E-state index in [4.69, 9.17) is 4.74 Å². The minimum absolute atomic E-state index is 0.137. The number of hydrogen-bond donors (Lipinski definition) is 1. The summed E-state index contributed by atoms with van der Waals surface area (Å²) in [5.74, 6) is 1.30. The van der Waals surface area contributed by atoms with Crippen molar-refractivity contribution in [3.8, 4) is 5.75 Å². The molecule has 1 aliphatic rings. The van der Waals surface area contributed by atoms with E-state index in [1.807, 2.05) is 23.6 Å². The third kappa shape index (κ3) is 5.39. The standard InChI is InChI=1S/C21H21N5O2S/c27-21(24-19-5-2-8-23-25-19)26-10-6-16(7-11-26)13-17-3-1-4-18(14-17)28-15-20-22-9-12-29-20/h1-5,8-9,12-14H,6-7,10-11,15H2,(H,24,25,27). The number of benzene rings is 1. The van der Waals surface area contributed by atoms with Crippen molar-refractivity contribution in [1.29, 1.82) is 0 Å². The Balaban J connectivity index is 1.31. The number of hydrogen-bond acceptors (Lipinski definition) is 6. The van der Waals surface area contributed by atoms with E-state index in [0.29, 0.717) is 25.5 Å². The summed E-state index contributed by atoms with van der Waals surface area (Å²) in [5, 5.41) is 13.3. The van der Waals surface area contributed by atoms with E-state index in [0.717, 1.165) is 29.2 Å². The van der Waals surface area contributed by atoms with Crippen molar-refractivity contribution in [3.63, 3.8) is 0 Å². The molecule has 0 radical (unpaired) electrons. The number of anilines is 1. The average Bonchev–Trinajstić information content (AvgIpc) is 3.28. The predicted molar refractivity (Wildman–Crippen MR) is 113 cm³/mol. The lowest BCUT2D eigenvalue weighted by atomic mass is 10.0. The lowest BCUT2D eigenvalue weighted by Crippen LogP contribution is -2.39. The van der Waals surface area contributed by atoms with E-state index in [2.05, 4.69) is 32.6 Å². The Bertz CT molecular complexity index is 966. The van der Waals surface area contributed by atoms with E-state index in [1.54, 1.807) is 40.8 Å². The van der Waals surface area contributed by atoms with Gasteiger partial charge in [-0.15, -0.1) is 16.4 Å². The number of amides is 2. The number of nitrogens with one attached hydrogen (secondary N) is 1. The Morgan fingerprint density at radius 1 is 1.21 bits per heavy atom. The number of piperidine rings is 1. The minimum Gasteiger partial charge on any atom is -0.486 e. The highest BCUT2D eigenvalue weighted by molar-refractivity contribution is 7.09. The van der Waals surface area contributed by atoms with Gasteiger partial charge in [0.15, 0.2) is 5.82 Å². The highest BCUT2D eigenvalue weighted by Gasteiger charge is 2.19. The fraction of sp³-hybridized carbons (Fsp3) is 0.238. The van der Waals surface area contributed by atoms with Crippen LogP contribution < -0.4 is 10.1 Å². The Morgan fingerprint density at radius 3 is 2.86 bits per heavy atom. The fourth-order valence-corrected chi connectivity index (χ4v) is 3.62. The summed E-state index contributed by atoms with van der Waals surface area (Å²) in [4.78, 5) is 18.4. The van der Waals surface area contributed by atoms with Crippen LogP contribution in [0.2, 0.25) is 0 Å². The molecule has 0 spiro atoms. The zero-order chi connectivity index (χ0) is 19.9. The highest BCUT2D eigenvalue weighted by atomic mass is 32.1. The first kappa shape index (κ1) is 19.1. The summed E-state index contributed by atoms with van der Waals surface area (Å²) >= 11 is 1.58. The topological polar surface area (TPSA) is 80.2 Å². The molecule has 8 heteroatoms. The predicted octanol–water partition coefficient (Wildman–Crippen LogP) is 4.22. The maximum atomic E-state index is 12.4. The number of ether oxygens (including phenoxy) is 1. The van der Waals surface area contributed by atoms with Gasteiger partial charge in [-0.05, 0) is 42.7 Å². The van der Waals surface area contributed by atoms with Crippen molar-refractivity contribution in [3.05, 3.63) is 70.3 Å². The number of carbonyl (C=O) groups excluding carboxylic acids is 1. The molecule has 1 saturated heterocycles. The van der Waals surface area contributed by atoms with Gasteiger partial charge in [-0.1, -0.05) is 23.8 Å². The number of thiazole rings is 1. The molecule has 1 aromatic carbocycles. The molecular weight excluding hydrogens is 386 g/mol. The summed E-state index contributed by atoms with van der Waals surface area (Å²) in [6.45, 7) is 1.84. The summed E-state index contributed by atoms with van der Waals surface area (Å²) in [7, 11) is 0. The molecular formula is C21H21N5O2S. The van der Waals surface area contributed by atoms with Crippen LogP contribution in [0.15, 0.2) is 59.7 Å². The second-order valence-electron chi connectivity index (χ2n) is 6.62. The quantitative estimate of drug-likeness (QED) is 0.685. The lowest BCUT2D eigenvalue weighted by Gasteiger charge is -2.28. The number of nitrogens with zero attached hydrogens (tertiary/aromatic N) is 4. The van der Waals surface area contributed by atoms with Gasteiger partial charge >= 0.3 is 6.03 Å². The van der Waals surface area contributed by atoms with Crippen LogP contribution in [0.4, 0.5) is 10.6 Å². The first-order chi connectivity index (χ1) is 14.3. The van der Waals surface area contributed by atoms with Crippen molar-refractivity contribution in [2.24, 2.45) is 0 Å². The average molecular weight is 407 g/mol. The third-order valence-electron chi connectivity index (χ3n) is 4.57. The monoisotopic (exact) mass is 407 g/mol. The van der Waals surface area contributed by atoms with Gasteiger partial charge in [0.1, 0.15) is 17.4 Å². The van der Waals surface area contributed by atoms with Gasteiger partial charge in [0.25, 0.3) is 0 Å². The first-order valence-corrected chi connectivity index (χ1v) is 10.3. The first-order valence-electron chi connectivity index (χ1n) is 9.40. The van der Waals surface area contributed by atoms with E-state index >= 15 is 0 Å². The molecule has 2 aromatic heterocycles. The molecule has 0 atom stereocenters. The Kier molecular flexibility index (Phi) is 6.11. The largest absolute Gasteiger partial charge is 0.486 e. The zero-order valence-corrected chi connectivity index (χ0v) is 16.6. The molecule has 0 aliphatic carbocycles. The van der Waals surface area contributed by atoms with Crippen LogP contribution in [0.3, 0.4) is 0 Å². The molecule has 1 aliphatic heterocycles. The Morgan fingerprint density at radius 2 is 2.10 bits per heavy atom. The van der Waals surface area contributed by atoms with Crippen LogP contribution in [0.1, 0.15) is 23.4 Å². The molecule has 0 saturated carbocycles. The molecule has 2 amide bonds. The molecule has 148 valence electrons. The zero-order valence-electron chi connectivity index (χ0n) is 15.8. The number of rotatable bonds is 5. The number of likely N-dealkylation sites (tertiary alicyclic amines) is 1. The number of carbonyl (C=O) groups is 1. The van der Waals surface area contributed by atoms with Gasteiger partial charge in [0.2, 0.25) is 0 Å². The maximum Gasteiger partial charge on any atom is 0.323 e. The van der Waals surface area contributed by atoms with E-state index in [-0.39, 0.29) is 6.03 Å². The van der Waals surface area contributed by atoms with Gasteiger partial charge in [0, 0.05) is 30.9 Å². The van der Waals surface area contributed by atoms with Gasteiger partial charge < -0.3 is 9.64 Å². The van der Waals surface area contributed by atoms with E-state index in [9.17, 15) is 4.79 Å². The smallest absolute Gasteiger partial charge is 0.323 e. The summed E-state index contributed by atoms with van der Waals surface area (Å²) < 4.78 is 5.83. The molecule has 7 nitrogen and oxygen atoms in total. The van der Waals surface area contributed by atoms with E-state index < -0.39 is 0 Å². The second kappa shape index (κ2) is 9.29. The molecule has 1 fully saturated rings. The van der Waals surface area contributed by atoms with Crippen LogP contribution in [-0.4, -0.2) is 39.2 Å². The van der Waals surface area contributed by atoms with Crippen LogP contribution in [0, 0.1) is 0 Å². The molecule has 3 heterocycles. The van der Waals surface area contributed by atoms with Crippen LogP contribution in [0.25, 0.3) is 6.08 Å². The van der Waals surface area contributed by atoms with Crippen molar-refractivity contribution >= 4 is 29.3 Å². The second-order valence-corrected chi connectivity index (χ2v) is 7.59. The maximum absolute atomic E-state index is 12.4. The van der Waals surface area contributed by atoms with Gasteiger partial charge in [0.05, 0.1) is 0 Å². The molecule has 0 unspecified atom stereocenters. The van der Waals surface area contributed by atoms with Crippen molar-refractivity contribution in [1.82, 2.24) is 20.1 Å². The SMILES string of the molecule is O=C(Nc1cccnn1)N1CCC(=Cc2cccc(OCc3nccs3)c2)CC1. The van der Waals surface area contributed by atoms with Gasteiger partial charge in [-0.25, -0.2) is 9.78 Å². The third-order valence-corrected chi connectivity index (χ3v) is 5.33. The summed E-state index contributed by atoms with van der Waals surface area (Å²) in [6.07, 6.45) is 7.24. The van der Waals surface area contributed by atoms with E-state index in [1.165, 1.54) is 5.57 Å². The van der Waals surface area contributed by atoms with Crippen LogP contribution in [-0.2, 0) is 6.61 Å². The van der Waals surface area contributed by atoms with Crippen molar-refractivity contribution < 1.29 is 9.53 Å². The van der Waals surface area contributed by atoms with Gasteiger partial charge in [-0.3, -0.25) is 5.32 Å². The Hall–Kier alpha value is -3.26. The van der Waals surface area contributed by atoms with Crippen LogP contribution >= 0.6 is 11.3 Å². The molecule has 1 N–H and O–H groups in total. The molecule has 0 bridgehead atoms. The normalized spacial score (nSPS) is 13.8. The minimum atomic E-state index is -0.137. The van der Waals surface area contributed by atoms with Gasteiger partial charge in [-0.2, -0.15) is 5.10 Å². The van der Waals surface area contributed by atoms with Crippen LogP contribution in [0.5, 0.6) is 5.75 Å². The number of urea groups is 1. The summed E-state index contributed by atoms with van der Waals surface area (Å²) in [6, 6.07) is 11.4. The number of aromatic nitrogens is 3. The molecule has 4 rings (SSSR count). The van der Waals surface area contributed by atoms with Crippen molar-refractivity contribution in [2.75, 3.05) is 18.4 Å². The Labute approximate surface area is 173 Å². The summed E-state index contributed by atoms with van der Waals surface area (Å²) in [5.41, 5.74) is 2.43. The fourth-order valence-electron chi connectivity index (χ4n) is 3.10. The molecule has 29 heavy (non-hydrogen) atoms. The molecule has 3 aromatic rings.